The van der Waals surface area contributed by atoms with E-state index in [2.05, 4.69) is 208 Å². The molecule has 0 aromatic carbocycles. The van der Waals surface area contributed by atoms with Gasteiger partial charge in [0.2, 0.25) is 24.2 Å². The van der Waals surface area contributed by atoms with Gasteiger partial charge in [0.05, 0.1) is 13.2 Å². The second kappa shape index (κ2) is 78.1. The van der Waals surface area contributed by atoms with Crippen LogP contribution in [0.4, 0.5) is 70.2 Å². The van der Waals surface area contributed by atoms with Gasteiger partial charge in [-0.3, -0.25) is 0 Å². The molecule has 2 rings (SSSR count). The maximum atomic E-state index is 13.7. The Kier molecular flexibility index (Phi) is 89.4. The average Bonchev–Trinajstić information content (AvgIpc) is 1.13. The van der Waals surface area contributed by atoms with Crippen molar-refractivity contribution in [3.63, 3.8) is 0 Å². The zero-order valence-electron chi connectivity index (χ0n) is 109. The molecule has 0 bridgehead atoms. The van der Waals surface area contributed by atoms with Gasteiger partial charge in [0.15, 0.2) is 0 Å². The van der Waals surface area contributed by atoms with E-state index in [-0.39, 0.29) is 93.7 Å². The normalized spacial score (nSPS) is 15.5. The fourth-order valence-electron chi connectivity index (χ4n) is 18.4. The minimum absolute atomic E-state index is 0.0312. The van der Waals surface area contributed by atoms with Crippen molar-refractivity contribution in [2.24, 2.45) is 87.1 Å². The highest BCUT2D eigenvalue weighted by atomic mass is 19.4. The average molecular weight is 2150 g/mol. The van der Waals surface area contributed by atoms with Crippen molar-refractivity contribution < 1.29 is 75.0 Å². The molecule has 3 unspecified atom stereocenters. The highest BCUT2D eigenvalue weighted by Gasteiger charge is 2.48. The smallest absolute Gasteiger partial charge is 0.380 e. The van der Waals surface area contributed by atoms with Crippen LogP contribution in [0.2, 0.25) is 0 Å². The van der Waals surface area contributed by atoms with E-state index in [0.29, 0.717) is 78.4 Å². The zero-order valence-corrected chi connectivity index (χ0v) is 109. The lowest BCUT2D eigenvalue weighted by molar-refractivity contribution is -0.157. The van der Waals surface area contributed by atoms with Crippen molar-refractivity contribution in [1.29, 1.82) is 0 Å². The number of ether oxygens (including phenoxy) is 1. The SMILES string of the molecule is CCC(C)(CC)CC(C)(C)C.CCC(C)(CC)CC(C)(C)F.CCC(C)(CC)CC(C)C.CCC(C)(CC)CC(F)(F)F.CCC(C)(CC)CC(F)F.CCC(C)(CC)CC1(C)COC1.CCC(C)(CC)CC1(F)CC1.CCC(C)(F)CC(C)(CC)CC.CCC(C)(F)CC(C)(CC)CC.CCC(F)(F)CC(C)(CC)CC.CCC(F)(F)CC(C)(CC)CC.CCC(F)(F)CC(C)(CC)CC.CCC(F)CC(C)(CC)CC. The Labute approximate surface area is 912 Å². The molecule has 17 heteroatoms. The Balaban J connectivity index is -0.000000152. The third kappa shape index (κ3) is 89.4. The van der Waals surface area contributed by atoms with Gasteiger partial charge < -0.3 is 4.74 Å². The first kappa shape index (κ1) is 168. The molecule has 2 aliphatic rings. The van der Waals surface area contributed by atoms with E-state index in [1.165, 1.54) is 57.8 Å². The Hall–Kier alpha value is -1.16. The Morgan fingerprint density at radius 1 is 0.231 bits per heavy atom. The highest BCUT2D eigenvalue weighted by Crippen LogP contribution is 2.52. The standard InChI is InChI=1S/2C11H23F.C11H22O.C11H24.3C10H20F2.C10H19F.2C10H21F.C10H22.C8H15F3.C8H16F2/c2*1-6-10(4,7-2)9-11(5,12)8-3;1-5-10(3,6-2)7-11(4)8-12-9-11;1-7-11(6,8-2)9-10(3,4)5;3*1-5-9(4,6-2)8-10(11,12)7-3;1-4-9(3,5-2)8-10(11)6-7-10;1-6-10(5,7-2)8-9(3,4)11;1-5-9(11)8-10(4,6-2)7-3;1-6-10(5,7-2)8-9(3)4;1-4-7(3,5-2)6-8(9,10)11;1-4-8(3,5-2)6-7(9)10/h2*6-9H2,1-5H3;5-9H2,1-4H3;7-9H2,1-6H3;3*5-8H2,1-4H3;4-8H2,1-3H3;6-8H2,1-5H3;9H,5-8H2,1-4H3;9H,6-8H2,1-5H3;4-6H2,1-3H3;7H,4-6H2,1-3H3. The van der Waals surface area contributed by atoms with Gasteiger partial charge in [0.25, 0.3) is 0 Å². The molecule has 0 spiro atoms. The molecule has 1 aliphatic heterocycles. The highest BCUT2D eigenvalue weighted by molar-refractivity contribution is 4.99. The molecule has 1 heterocycles. The fourth-order valence-corrected chi connectivity index (χ4v) is 18.4. The summed E-state index contributed by atoms with van der Waals surface area (Å²) in [6, 6.07) is 0. The lowest BCUT2D eigenvalue weighted by Crippen LogP contribution is -2.43. The summed E-state index contributed by atoms with van der Waals surface area (Å²) in [5.74, 6) is -6.56. The van der Waals surface area contributed by atoms with Crippen molar-refractivity contribution >= 4 is 0 Å². The van der Waals surface area contributed by atoms with Gasteiger partial charge in [-0.25, -0.2) is 57.1 Å². The van der Waals surface area contributed by atoms with E-state index in [1.807, 2.05) is 104 Å². The molecular formula is C130H266F16O. The zero-order chi connectivity index (χ0) is 120. The van der Waals surface area contributed by atoms with Crippen LogP contribution in [0.5, 0.6) is 0 Å². The predicted molar refractivity (Wildman–Crippen MR) is 627 cm³/mol. The quantitative estimate of drug-likeness (QED) is 0.0552. The van der Waals surface area contributed by atoms with Crippen LogP contribution in [0.1, 0.15) is 683 Å². The van der Waals surface area contributed by atoms with E-state index >= 15 is 0 Å². The third-order valence-electron chi connectivity index (χ3n) is 37.3. The minimum atomic E-state index is -4.01. The third-order valence-corrected chi connectivity index (χ3v) is 37.3. The van der Waals surface area contributed by atoms with Crippen molar-refractivity contribution in [3.05, 3.63) is 0 Å². The summed E-state index contributed by atoms with van der Waals surface area (Å²) >= 11 is 0. The number of halogens is 16. The fraction of sp³-hybridized carbons (Fsp3) is 1.00. The van der Waals surface area contributed by atoms with Crippen LogP contribution >= 0.6 is 0 Å². The van der Waals surface area contributed by atoms with Gasteiger partial charge in [-0.05, 0) is 193 Å². The maximum Gasteiger partial charge on any atom is 0.389 e. The number of alkyl halides is 16. The monoisotopic (exact) mass is 2150 g/mol. The number of hydrogen-bond donors (Lipinski definition) is 0. The Morgan fingerprint density at radius 2 is 0.435 bits per heavy atom. The first-order chi connectivity index (χ1) is 66.2. The molecule has 0 aromatic rings. The van der Waals surface area contributed by atoms with Gasteiger partial charge in [-0.2, -0.15) is 13.2 Å². The van der Waals surface area contributed by atoms with Crippen LogP contribution in [0, 0.1) is 87.1 Å². The van der Waals surface area contributed by atoms with Crippen molar-refractivity contribution in [2.75, 3.05) is 13.2 Å². The predicted octanol–water partition coefficient (Wildman–Crippen LogP) is 51.6. The first-order valence-electron chi connectivity index (χ1n) is 60.6. The van der Waals surface area contributed by atoms with Crippen LogP contribution in [0.3, 0.4) is 0 Å². The van der Waals surface area contributed by atoms with E-state index < -0.39 is 71.1 Å². The molecule has 2 fully saturated rings. The summed E-state index contributed by atoms with van der Waals surface area (Å²) < 4.78 is 210. The lowest BCUT2D eigenvalue weighted by atomic mass is 9.69. The van der Waals surface area contributed by atoms with Crippen LogP contribution in [0.25, 0.3) is 0 Å². The molecule has 1 nitrogen and oxygen atoms in total. The molecule has 0 radical (unpaired) electrons. The summed E-state index contributed by atoms with van der Waals surface area (Å²) in [7, 11) is 0. The van der Waals surface area contributed by atoms with Crippen molar-refractivity contribution in [3.8, 4) is 0 Å². The minimum Gasteiger partial charge on any atom is -0.380 e. The topological polar surface area (TPSA) is 9.23 Å². The summed E-state index contributed by atoms with van der Waals surface area (Å²) in [5, 5.41) is 0. The van der Waals surface area contributed by atoms with E-state index in [4.69, 9.17) is 4.74 Å². The van der Waals surface area contributed by atoms with Crippen LogP contribution in [0.15, 0.2) is 0 Å². The summed E-state index contributed by atoms with van der Waals surface area (Å²) in [4.78, 5) is 0. The second-order valence-electron chi connectivity index (χ2n) is 53.9. The molecule has 904 valence electrons. The van der Waals surface area contributed by atoms with Crippen molar-refractivity contribution in [2.45, 2.75) is 742 Å². The van der Waals surface area contributed by atoms with Gasteiger partial charge >= 0.3 is 6.18 Å². The molecular weight excluding hydrogens is 1880 g/mol. The summed E-state index contributed by atoms with van der Waals surface area (Å²) in [6.45, 7) is 115. The van der Waals surface area contributed by atoms with E-state index in [0.717, 1.165) is 160 Å². The Bertz CT molecular complexity index is 2570. The van der Waals surface area contributed by atoms with Crippen LogP contribution < -0.4 is 0 Å². The van der Waals surface area contributed by atoms with E-state index in [1.54, 1.807) is 69.2 Å². The molecule has 147 heavy (non-hydrogen) atoms. The lowest BCUT2D eigenvalue weighted by Gasteiger charge is -2.44. The maximum absolute atomic E-state index is 13.7. The van der Waals surface area contributed by atoms with Gasteiger partial charge in [0.1, 0.15) is 28.8 Å². The van der Waals surface area contributed by atoms with Gasteiger partial charge in [-0.15, -0.1) is 0 Å². The molecule has 0 N–H and O–H groups in total. The number of rotatable bonds is 56. The molecule has 1 aliphatic carbocycles. The number of hydrogen-bond acceptors (Lipinski definition) is 1. The van der Waals surface area contributed by atoms with Crippen molar-refractivity contribution in [1.82, 2.24) is 0 Å². The molecule has 0 aromatic heterocycles. The largest absolute Gasteiger partial charge is 0.389 e. The van der Waals surface area contributed by atoms with E-state index in [9.17, 15) is 70.2 Å². The molecule has 3 atom stereocenters. The van der Waals surface area contributed by atoms with Crippen LogP contribution in [-0.4, -0.2) is 72.4 Å². The summed E-state index contributed by atoms with van der Waals surface area (Å²) in [6.07, 6.45) is 30.3. The van der Waals surface area contributed by atoms with Crippen LogP contribution in [-0.2, 0) is 4.74 Å². The molecule has 0 amide bonds. The molecule has 1 saturated carbocycles. The summed E-state index contributed by atoms with van der Waals surface area (Å²) in [5.41, 5.74) is -1.21. The van der Waals surface area contributed by atoms with Gasteiger partial charge in [0, 0.05) is 56.8 Å². The molecule has 1 saturated heterocycles. The Morgan fingerprint density at radius 3 is 0.571 bits per heavy atom. The second-order valence-corrected chi connectivity index (χ2v) is 53.9. The van der Waals surface area contributed by atoms with Gasteiger partial charge in [-0.1, -0.05) is 520 Å². The first-order valence-corrected chi connectivity index (χ1v) is 60.6.